The first-order chi connectivity index (χ1) is 8.69. The Kier molecular flexibility index (Phi) is 4.33. The molecule has 1 N–H and O–H groups in total. The Hall–Kier alpha value is -1.39. The zero-order valence-electron chi connectivity index (χ0n) is 10.9. The molecule has 0 aliphatic carbocycles. The van der Waals surface area contributed by atoms with E-state index in [0.717, 1.165) is 23.7 Å². The summed E-state index contributed by atoms with van der Waals surface area (Å²) >= 11 is 1.77. The first-order valence-corrected chi connectivity index (χ1v) is 6.85. The lowest BCUT2D eigenvalue weighted by molar-refractivity contribution is 0.412. The van der Waals surface area contributed by atoms with Crippen molar-refractivity contribution in [2.75, 3.05) is 7.11 Å². The number of aryl methyl sites for hydroxylation is 1. The molecular formula is C14H18N2OS. The molecule has 2 rings (SSSR count). The maximum atomic E-state index is 5.25. The number of methoxy groups -OCH3 is 1. The van der Waals surface area contributed by atoms with Gasteiger partial charge in [-0.05, 0) is 25.3 Å². The van der Waals surface area contributed by atoms with E-state index in [1.807, 2.05) is 19.1 Å². The van der Waals surface area contributed by atoms with E-state index in [4.69, 9.17) is 4.74 Å². The molecule has 0 bridgehead atoms. The maximum Gasteiger partial charge on any atom is 0.122 e. The monoisotopic (exact) mass is 262 g/mol. The Morgan fingerprint density at radius 2 is 2.28 bits per heavy atom. The largest absolute Gasteiger partial charge is 0.497 e. The molecular weight excluding hydrogens is 244 g/mol. The number of hydrogen-bond acceptors (Lipinski definition) is 4. The van der Waals surface area contributed by atoms with Crippen molar-refractivity contribution in [3.05, 3.63) is 45.9 Å². The van der Waals surface area contributed by atoms with E-state index < -0.39 is 0 Å². The molecule has 18 heavy (non-hydrogen) atoms. The number of thiophene rings is 1. The van der Waals surface area contributed by atoms with E-state index in [0.29, 0.717) is 6.04 Å². The highest BCUT2D eigenvalue weighted by Crippen LogP contribution is 2.19. The normalized spacial score (nSPS) is 12.4. The molecule has 0 amide bonds. The van der Waals surface area contributed by atoms with Gasteiger partial charge in [-0.3, -0.25) is 4.98 Å². The first-order valence-electron chi connectivity index (χ1n) is 5.97. The van der Waals surface area contributed by atoms with E-state index in [2.05, 4.69) is 34.7 Å². The SMILES string of the molecule is COc1cc(C)nc(CN[C@H](C)c2cccs2)c1. The van der Waals surface area contributed by atoms with Gasteiger partial charge in [-0.25, -0.2) is 0 Å². The summed E-state index contributed by atoms with van der Waals surface area (Å²) < 4.78 is 5.25. The summed E-state index contributed by atoms with van der Waals surface area (Å²) in [6.45, 7) is 4.89. The fourth-order valence-electron chi connectivity index (χ4n) is 1.81. The summed E-state index contributed by atoms with van der Waals surface area (Å²) in [4.78, 5) is 5.84. The lowest BCUT2D eigenvalue weighted by atomic mass is 10.2. The van der Waals surface area contributed by atoms with Crippen molar-refractivity contribution < 1.29 is 4.74 Å². The van der Waals surface area contributed by atoms with Gasteiger partial charge in [0.25, 0.3) is 0 Å². The highest BCUT2D eigenvalue weighted by Gasteiger charge is 2.07. The summed E-state index contributed by atoms with van der Waals surface area (Å²) in [6.07, 6.45) is 0. The minimum atomic E-state index is 0.346. The highest BCUT2D eigenvalue weighted by atomic mass is 32.1. The fourth-order valence-corrected chi connectivity index (χ4v) is 2.57. The Balaban J connectivity index is 1.99. The van der Waals surface area contributed by atoms with Crippen LogP contribution >= 0.6 is 11.3 Å². The lowest BCUT2D eigenvalue weighted by Crippen LogP contribution is -2.18. The number of ether oxygens (including phenoxy) is 1. The van der Waals surface area contributed by atoms with Crippen LogP contribution in [0.2, 0.25) is 0 Å². The molecule has 0 saturated heterocycles. The van der Waals surface area contributed by atoms with Gasteiger partial charge < -0.3 is 10.1 Å². The number of aromatic nitrogens is 1. The summed E-state index contributed by atoms with van der Waals surface area (Å²) in [5.74, 6) is 0.864. The second-order valence-electron chi connectivity index (χ2n) is 4.26. The van der Waals surface area contributed by atoms with Gasteiger partial charge in [0.15, 0.2) is 0 Å². The molecule has 0 fully saturated rings. The number of hydrogen-bond donors (Lipinski definition) is 1. The molecule has 4 heteroatoms. The third-order valence-electron chi connectivity index (χ3n) is 2.78. The zero-order valence-corrected chi connectivity index (χ0v) is 11.8. The summed E-state index contributed by atoms with van der Waals surface area (Å²) in [7, 11) is 1.68. The molecule has 0 spiro atoms. The summed E-state index contributed by atoms with van der Waals surface area (Å²) in [5.41, 5.74) is 1.99. The van der Waals surface area contributed by atoms with Crippen LogP contribution in [0.1, 0.15) is 29.2 Å². The molecule has 2 aromatic heterocycles. The number of nitrogens with one attached hydrogen (secondary N) is 1. The van der Waals surface area contributed by atoms with Gasteiger partial charge in [-0.2, -0.15) is 0 Å². The Morgan fingerprint density at radius 3 is 2.94 bits per heavy atom. The van der Waals surface area contributed by atoms with Crippen LogP contribution in [0.4, 0.5) is 0 Å². The molecule has 0 radical (unpaired) electrons. The average molecular weight is 262 g/mol. The van der Waals surface area contributed by atoms with E-state index in [9.17, 15) is 0 Å². The standard InChI is InChI=1S/C14H18N2OS/c1-10-7-13(17-3)8-12(16-10)9-15-11(2)14-5-4-6-18-14/h4-8,11,15H,9H2,1-3H3/t11-/m1/s1. The van der Waals surface area contributed by atoms with Crippen LogP contribution in [0.5, 0.6) is 5.75 Å². The first kappa shape index (κ1) is 13.1. The van der Waals surface area contributed by atoms with Gasteiger partial charge >= 0.3 is 0 Å². The van der Waals surface area contributed by atoms with Crippen molar-refractivity contribution in [2.24, 2.45) is 0 Å². The Labute approximate surface area is 112 Å². The van der Waals surface area contributed by atoms with E-state index in [1.54, 1.807) is 18.4 Å². The van der Waals surface area contributed by atoms with Crippen LogP contribution in [-0.2, 0) is 6.54 Å². The Morgan fingerprint density at radius 1 is 1.44 bits per heavy atom. The molecule has 0 unspecified atom stereocenters. The van der Waals surface area contributed by atoms with Crippen LogP contribution in [0, 0.1) is 6.92 Å². The fraction of sp³-hybridized carbons (Fsp3) is 0.357. The molecule has 96 valence electrons. The predicted molar refractivity (Wildman–Crippen MR) is 75.1 cm³/mol. The van der Waals surface area contributed by atoms with Gasteiger partial charge in [0.1, 0.15) is 5.75 Å². The number of nitrogens with zero attached hydrogens (tertiary/aromatic N) is 1. The highest BCUT2D eigenvalue weighted by molar-refractivity contribution is 7.10. The van der Waals surface area contributed by atoms with Crippen LogP contribution < -0.4 is 10.1 Å². The molecule has 1 atom stereocenters. The topological polar surface area (TPSA) is 34.1 Å². The maximum absolute atomic E-state index is 5.25. The molecule has 3 nitrogen and oxygen atoms in total. The third-order valence-corrected chi connectivity index (χ3v) is 3.83. The minimum Gasteiger partial charge on any atom is -0.497 e. The average Bonchev–Trinajstić information content (AvgIpc) is 2.89. The molecule has 0 saturated carbocycles. The predicted octanol–water partition coefficient (Wildman–Crippen LogP) is 3.31. The van der Waals surface area contributed by atoms with E-state index in [1.165, 1.54) is 4.88 Å². The van der Waals surface area contributed by atoms with Gasteiger partial charge in [0.2, 0.25) is 0 Å². The summed E-state index contributed by atoms with van der Waals surface area (Å²) in [5, 5.41) is 5.57. The van der Waals surface area contributed by atoms with Gasteiger partial charge in [-0.1, -0.05) is 6.07 Å². The number of rotatable bonds is 5. The molecule has 2 heterocycles. The van der Waals surface area contributed by atoms with E-state index >= 15 is 0 Å². The van der Waals surface area contributed by atoms with Crippen LogP contribution in [0.3, 0.4) is 0 Å². The lowest BCUT2D eigenvalue weighted by Gasteiger charge is -2.12. The van der Waals surface area contributed by atoms with E-state index in [-0.39, 0.29) is 0 Å². The summed E-state index contributed by atoms with van der Waals surface area (Å²) in [6, 6.07) is 8.48. The molecule has 2 aromatic rings. The van der Waals surface area contributed by atoms with Crippen molar-refractivity contribution in [2.45, 2.75) is 26.4 Å². The van der Waals surface area contributed by atoms with Crippen LogP contribution in [0.15, 0.2) is 29.6 Å². The minimum absolute atomic E-state index is 0.346. The quantitative estimate of drug-likeness (QED) is 0.897. The zero-order chi connectivity index (χ0) is 13.0. The molecule has 0 aliphatic rings. The van der Waals surface area contributed by atoms with Crippen molar-refractivity contribution >= 4 is 11.3 Å². The van der Waals surface area contributed by atoms with Crippen LogP contribution in [-0.4, -0.2) is 12.1 Å². The van der Waals surface area contributed by atoms with Gasteiger partial charge in [-0.15, -0.1) is 11.3 Å². The van der Waals surface area contributed by atoms with Crippen molar-refractivity contribution in [3.63, 3.8) is 0 Å². The van der Waals surface area contributed by atoms with Crippen molar-refractivity contribution in [1.82, 2.24) is 10.3 Å². The number of pyridine rings is 1. The Bertz CT molecular complexity index is 497. The second-order valence-corrected chi connectivity index (χ2v) is 5.24. The van der Waals surface area contributed by atoms with Crippen molar-refractivity contribution in [1.29, 1.82) is 0 Å². The second kappa shape index (κ2) is 5.98. The van der Waals surface area contributed by atoms with Gasteiger partial charge in [0.05, 0.1) is 12.8 Å². The smallest absolute Gasteiger partial charge is 0.122 e. The van der Waals surface area contributed by atoms with Crippen LogP contribution in [0.25, 0.3) is 0 Å². The molecule has 0 aliphatic heterocycles. The van der Waals surface area contributed by atoms with Gasteiger partial charge in [0, 0.05) is 35.3 Å². The van der Waals surface area contributed by atoms with Crippen molar-refractivity contribution in [3.8, 4) is 5.75 Å². The molecule has 0 aromatic carbocycles. The third kappa shape index (κ3) is 3.31.